The van der Waals surface area contributed by atoms with Crippen molar-refractivity contribution < 1.29 is 9.18 Å². The van der Waals surface area contributed by atoms with E-state index in [0.717, 1.165) is 11.3 Å². The van der Waals surface area contributed by atoms with Crippen molar-refractivity contribution in [2.75, 3.05) is 5.32 Å². The first-order valence-corrected chi connectivity index (χ1v) is 8.49. The third-order valence-electron chi connectivity index (χ3n) is 4.38. The molecule has 4 aromatic rings. The Morgan fingerprint density at radius 1 is 1.07 bits per heavy atom. The lowest BCUT2D eigenvalue weighted by molar-refractivity contribution is 0.102. The van der Waals surface area contributed by atoms with Gasteiger partial charge in [0.1, 0.15) is 5.82 Å². The van der Waals surface area contributed by atoms with Crippen molar-refractivity contribution in [3.8, 4) is 11.3 Å². The largest absolute Gasteiger partial charge is 0.322 e. The molecule has 2 heterocycles. The number of benzene rings is 2. The standard InChI is InChI=1S/C21H17FN4O/c1-13-19-17(21(27)23-16-10-8-15(22)9-11-16)12-18(14-6-4-3-5-7-14)24-20(19)26(2)25-13/h3-12H,1-2H3,(H,23,27). The molecule has 27 heavy (non-hydrogen) atoms. The van der Waals surface area contributed by atoms with Gasteiger partial charge in [-0.3, -0.25) is 9.48 Å². The summed E-state index contributed by atoms with van der Waals surface area (Å²) >= 11 is 0. The van der Waals surface area contributed by atoms with E-state index >= 15 is 0 Å². The molecular formula is C21H17FN4O. The Kier molecular flexibility index (Phi) is 4.16. The summed E-state index contributed by atoms with van der Waals surface area (Å²) in [6, 6.07) is 17.1. The van der Waals surface area contributed by atoms with Gasteiger partial charge in [-0.2, -0.15) is 5.10 Å². The van der Waals surface area contributed by atoms with Gasteiger partial charge >= 0.3 is 0 Å². The fourth-order valence-corrected chi connectivity index (χ4v) is 3.11. The molecule has 5 nitrogen and oxygen atoms in total. The number of pyridine rings is 1. The van der Waals surface area contributed by atoms with Crippen LogP contribution in [0.25, 0.3) is 22.3 Å². The molecule has 0 aliphatic carbocycles. The second-order valence-electron chi connectivity index (χ2n) is 6.29. The zero-order chi connectivity index (χ0) is 19.0. The number of carbonyl (C=O) groups excluding carboxylic acids is 1. The summed E-state index contributed by atoms with van der Waals surface area (Å²) in [5.41, 5.74) is 3.97. The molecule has 2 aromatic carbocycles. The number of hydrogen-bond acceptors (Lipinski definition) is 3. The third kappa shape index (κ3) is 3.17. The first-order chi connectivity index (χ1) is 13.0. The quantitative estimate of drug-likeness (QED) is 0.591. The topological polar surface area (TPSA) is 59.8 Å². The Balaban J connectivity index is 1.85. The van der Waals surface area contributed by atoms with E-state index in [4.69, 9.17) is 4.98 Å². The minimum Gasteiger partial charge on any atom is -0.322 e. The Morgan fingerprint density at radius 2 is 1.78 bits per heavy atom. The summed E-state index contributed by atoms with van der Waals surface area (Å²) in [6.07, 6.45) is 0. The van der Waals surface area contributed by atoms with Crippen LogP contribution >= 0.6 is 0 Å². The zero-order valence-corrected chi connectivity index (χ0v) is 14.9. The average molecular weight is 360 g/mol. The summed E-state index contributed by atoms with van der Waals surface area (Å²) in [7, 11) is 1.80. The smallest absolute Gasteiger partial charge is 0.256 e. The van der Waals surface area contributed by atoms with E-state index in [1.807, 2.05) is 37.3 Å². The maximum Gasteiger partial charge on any atom is 0.256 e. The van der Waals surface area contributed by atoms with Crippen molar-refractivity contribution >= 4 is 22.6 Å². The monoisotopic (exact) mass is 360 g/mol. The maximum atomic E-state index is 13.1. The Labute approximate surface area is 155 Å². The molecule has 0 aliphatic heterocycles. The van der Waals surface area contributed by atoms with Gasteiger partial charge in [0, 0.05) is 18.3 Å². The molecular weight excluding hydrogens is 343 g/mol. The summed E-state index contributed by atoms with van der Waals surface area (Å²) < 4.78 is 14.8. The molecule has 0 bridgehead atoms. The lowest BCUT2D eigenvalue weighted by Gasteiger charge is -2.09. The molecule has 0 atom stereocenters. The highest BCUT2D eigenvalue weighted by Crippen LogP contribution is 2.27. The van der Waals surface area contributed by atoms with Gasteiger partial charge in [0.05, 0.1) is 22.3 Å². The highest BCUT2D eigenvalue weighted by atomic mass is 19.1. The molecule has 4 rings (SSSR count). The number of nitrogens with zero attached hydrogens (tertiary/aromatic N) is 3. The SMILES string of the molecule is Cc1nn(C)c2nc(-c3ccccc3)cc(C(=O)Nc3ccc(F)cc3)c12. The number of anilines is 1. The van der Waals surface area contributed by atoms with Crippen molar-refractivity contribution in [1.29, 1.82) is 0 Å². The van der Waals surface area contributed by atoms with Crippen molar-refractivity contribution in [1.82, 2.24) is 14.8 Å². The van der Waals surface area contributed by atoms with Gasteiger partial charge in [0.2, 0.25) is 0 Å². The van der Waals surface area contributed by atoms with Crippen LogP contribution in [0.15, 0.2) is 60.7 Å². The van der Waals surface area contributed by atoms with E-state index in [9.17, 15) is 9.18 Å². The van der Waals surface area contributed by atoms with Gasteiger partial charge in [-0.25, -0.2) is 9.37 Å². The van der Waals surface area contributed by atoms with Gasteiger partial charge in [0.25, 0.3) is 5.91 Å². The van der Waals surface area contributed by atoms with Crippen LogP contribution in [-0.4, -0.2) is 20.7 Å². The van der Waals surface area contributed by atoms with E-state index in [2.05, 4.69) is 10.4 Å². The number of rotatable bonds is 3. The summed E-state index contributed by atoms with van der Waals surface area (Å²) in [4.78, 5) is 17.7. The minimum atomic E-state index is -0.353. The molecule has 1 amide bonds. The van der Waals surface area contributed by atoms with E-state index < -0.39 is 0 Å². The second kappa shape index (κ2) is 6.64. The van der Waals surface area contributed by atoms with Crippen LogP contribution < -0.4 is 5.32 Å². The number of nitrogens with one attached hydrogen (secondary N) is 1. The fraction of sp³-hybridized carbons (Fsp3) is 0.0952. The van der Waals surface area contributed by atoms with Crippen LogP contribution in [0.5, 0.6) is 0 Å². The number of aryl methyl sites for hydroxylation is 2. The van der Waals surface area contributed by atoms with E-state index in [-0.39, 0.29) is 11.7 Å². The lowest BCUT2D eigenvalue weighted by atomic mass is 10.0. The highest BCUT2D eigenvalue weighted by Gasteiger charge is 2.19. The van der Waals surface area contributed by atoms with Gasteiger partial charge in [-0.1, -0.05) is 30.3 Å². The second-order valence-corrected chi connectivity index (χ2v) is 6.29. The molecule has 2 aromatic heterocycles. The van der Waals surface area contributed by atoms with Gasteiger partial charge in [0.15, 0.2) is 5.65 Å². The van der Waals surface area contributed by atoms with Crippen LogP contribution in [-0.2, 0) is 7.05 Å². The van der Waals surface area contributed by atoms with E-state index in [0.29, 0.717) is 28.0 Å². The Bertz CT molecular complexity index is 1130. The molecule has 0 radical (unpaired) electrons. The number of amides is 1. The molecule has 0 aliphatic rings. The number of hydrogen-bond donors (Lipinski definition) is 1. The molecule has 134 valence electrons. The Morgan fingerprint density at radius 3 is 2.48 bits per heavy atom. The van der Waals surface area contributed by atoms with Gasteiger partial charge in [-0.05, 0) is 37.3 Å². The van der Waals surface area contributed by atoms with Crippen LogP contribution in [0.4, 0.5) is 10.1 Å². The highest BCUT2D eigenvalue weighted by molar-refractivity contribution is 6.13. The summed E-state index contributed by atoms with van der Waals surface area (Å²) in [5, 5.41) is 7.94. The third-order valence-corrected chi connectivity index (χ3v) is 4.38. The normalized spacial score (nSPS) is 10.9. The molecule has 0 saturated heterocycles. The number of aromatic nitrogens is 3. The Hall–Kier alpha value is -3.54. The van der Waals surface area contributed by atoms with Crippen LogP contribution in [0.3, 0.4) is 0 Å². The van der Waals surface area contributed by atoms with Crippen molar-refractivity contribution in [3.05, 3.63) is 77.7 Å². The molecule has 0 unspecified atom stereocenters. The fourth-order valence-electron chi connectivity index (χ4n) is 3.11. The lowest BCUT2D eigenvalue weighted by Crippen LogP contribution is -2.13. The average Bonchev–Trinajstić information content (AvgIpc) is 2.97. The van der Waals surface area contributed by atoms with Gasteiger partial charge < -0.3 is 5.32 Å². The van der Waals surface area contributed by atoms with Crippen molar-refractivity contribution in [3.63, 3.8) is 0 Å². The molecule has 0 saturated carbocycles. The van der Waals surface area contributed by atoms with Crippen LogP contribution in [0.2, 0.25) is 0 Å². The van der Waals surface area contributed by atoms with E-state index in [1.165, 1.54) is 24.3 Å². The summed E-state index contributed by atoms with van der Waals surface area (Å²) in [6.45, 7) is 1.85. The molecule has 1 N–H and O–H groups in total. The van der Waals surface area contributed by atoms with Crippen molar-refractivity contribution in [2.24, 2.45) is 7.05 Å². The minimum absolute atomic E-state index is 0.290. The zero-order valence-electron chi connectivity index (χ0n) is 14.9. The predicted octanol–water partition coefficient (Wildman–Crippen LogP) is 4.34. The van der Waals surface area contributed by atoms with Crippen LogP contribution in [0.1, 0.15) is 16.1 Å². The van der Waals surface area contributed by atoms with Gasteiger partial charge in [-0.15, -0.1) is 0 Å². The van der Waals surface area contributed by atoms with E-state index in [1.54, 1.807) is 17.8 Å². The first kappa shape index (κ1) is 16.9. The predicted molar refractivity (Wildman–Crippen MR) is 103 cm³/mol. The number of fused-ring (bicyclic) bond motifs is 1. The van der Waals surface area contributed by atoms with Crippen molar-refractivity contribution in [2.45, 2.75) is 6.92 Å². The maximum absolute atomic E-state index is 13.1. The molecule has 6 heteroatoms. The molecule has 0 spiro atoms. The number of carbonyl (C=O) groups is 1. The van der Waals surface area contributed by atoms with Crippen LogP contribution in [0, 0.1) is 12.7 Å². The first-order valence-electron chi connectivity index (χ1n) is 8.49. The summed E-state index contributed by atoms with van der Waals surface area (Å²) in [5.74, 6) is -0.643. The number of halogens is 1. The molecule has 0 fully saturated rings.